The smallest absolute Gasteiger partial charge is 0.0126 e. The molecule has 18 aromatic rings. The van der Waals surface area contributed by atoms with E-state index in [0.29, 0.717) is 0 Å². The molecule has 18 heteroatoms. The van der Waals surface area contributed by atoms with E-state index >= 15 is 0 Å². The van der Waals surface area contributed by atoms with Crippen molar-refractivity contribution in [2.45, 2.75) is 120 Å². The van der Waals surface area contributed by atoms with Crippen molar-refractivity contribution >= 4 is 230 Å². The molecule has 0 N–H and O–H groups in total. The van der Waals surface area contributed by atoms with Gasteiger partial charge in [-0.15, -0.1) is 166 Å². The van der Waals surface area contributed by atoms with Crippen molar-refractivity contribution in [3.8, 4) is 100 Å². The summed E-state index contributed by atoms with van der Waals surface area (Å²) in [4.78, 5) is 0. The van der Waals surface area contributed by atoms with E-state index < -0.39 is 0 Å². The van der Waals surface area contributed by atoms with Gasteiger partial charge in [-0.3, -0.25) is 0 Å². The van der Waals surface area contributed by atoms with Crippen molar-refractivity contribution in [2.24, 2.45) is 0 Å². The predicted octanol–water partition coefficient (Wildman–Crippen LogP) is 30.1. The minimum atomic E-state index is 1.02. The summed E-state index contributed by atoms with van der Waals surface area (Å²) in [5.74, 6) is 0. The molecule has 18 unspecified atom stereocenters. The average Bonchev–Trinajstić information content (AvgIpc) is 0.854. The molecule has 0 saturated carbocycles. The number of hydrogen-bond donors (Lipinski definition) is 0. The summed E-state index contributed by atoms with van der Waals surface area (Å²) in [5, 5.41) is 15.0. The van der Waals surface area contributed by atoms with Crippen molar-refractivity contribution in [1.29, 1.82) is 0 Å². The van der Waals surface area contributed by atoms with Crippen LogP contribution in [-0.2, 0) is 37.0 Å². The number of rotatable bonds is 15. The van der Waals surface area contributed by atoms with Crippen LogP contribution < -0.4 is 63.7 Å². The molecule has 0 aromatic heterocycles. The fourth-order valence-corrected chi connectivity index (χ4v) is 20.7. The van der Waals surface area contributed by atoms with Crippen LogP contribution in [0.1, 0.15) is 100 Å². The monoisotopic (exact) mass is 2210 g/mol. The molecule has 0 nitrogen and oxygen atoms in total. The van der Waals surface area contributed by atoms with E-state index in [1.54, 1.807) is 0 Å². The highest BCUT2D eigenvalue weighted by molar-refractivity contribution is 7.30. The van der Waals surface area contributed by atoms with Crippen LogP contribution in [0.3, 0.4) is 0 Å². The molecule has 18 aromatic carbocycles. The van der Waals surface area contributed by atoms with Crippen molar-refractivity contribution in [1.82, 2.24) is 0 Å². The Hall–Kier alpha value is -6.30. The first kappa shape index (κ1) is 120. The molecule has 0 amide bonds. The zero-order chi connectivity index (χ0) is 104. The molecule has 18 atom stereocenters. The second-order valence-corrected chi connectivity index (χ2v) is 46.4. The Labute approximate surface area is 906 Å². The van der Waals surface area contributed by atoms with Crippen molar-refractivity contribution < 1.29 is 0 Å². The highest BCUT2D eigenvalue weighted by Gasteiger charge is 2.12. The molecule has 0 bridgehead atoms. The lowest BCUT2D eigenvalue weighted by molar-refractivity contribution is 1.31. The summed E-state index contributed by atoms with van der Waals surface area (Å²) in [5.41, 5.74) is 47.6. The van der Waals surface area contributed by atoms with E-state index in [1.807, 2.05) is 0 Å². The topological polar surface area (TPSA) is 0 Å². The van der Waals surface area contributed by atoms with Crippen molar-refractivity contribution in [3.63, 3.8) is 0 Å². The van der Waals surface area contributed by atoms with Crippen LogP contribution in [0.4, 0.5) is 0 Å². The second kappa shape index (κ2) is 60.7. The summed E-state index contributed by atoms with van der Waals surface area (Å²) < 4.78 is 0. The molecule has 0 aliphatic heterocycles. The summed E-state index contributed by atoms with van der Waals surface area (Å²) in [6.07, 6.45) is 6.13. The zero-order valence-corrected chi connectivity index (χ0v) is 106. The van der Waals surface area contributed by atoms with Gasteiger partial charge >= 0.3 is 0 Å². The standard InChI is InChI=1S/2C15H18P2.5C14H16P2.2C13H14P2/c2*1-10-7-12(3-4-14(10)9-16)13-5-6-15(17)11(2)8-13;1-9-7-11(3-5-13(9)15)12-4-6-14(16)10(2)8-12;1-10-8-11(9-15)2-7-14(10)12-3-5-13(16)6-4-12;1-10-8-13(16)6-7-14(10)12-4-2-11(9-15)3-5-12;1-10-8-13(6-7-14(10)16)12-4-2-11(9-15)3-5-12;1-10-8-12(2-3-13(10)9-15)11-4-6-14(16)7-5-11;1-9-8-11(4-7-13(9)15)10-2-5-12(14)6-3-10;1-9-8-12(15)6-7-13(9)10-2-4-11(14)5-3-10/h2*3-8H,9,16-17H2,1-2H3;3-8H,15-16H2,1-2H3;4*2-8H,9,15-16H2,1H3;2*2-8H,14-15H2,1H3. The van der Waals surface area contributed by atoms with Crippen molar-refractivity contribution in [3.05, 3.63) is 464 Å². The Bertz CT molecular complexity index is 7110. The molecule has 18 rings (SSSR count). The van der Waals surface area contributed by atoms with Gasteiger partial charge in [0.05, 0.1) is 0 Å². The van der Waals surface area contributed by atoms with Gasteiger partial charge in [-0.1, -0.05) is 364 Å². The number of benzene rings is 18. The van der Waals surface area contributed by atoms with E-state index in [2.05, 4.69) is 613 Å². The molecule has 0 aliphatic carbocycles. The summed E-state index contributed by atoms with van der Waals surface area (Å²) >= 11 is 0. The van der Waals surface area contributed by atoms with Crippen LogP contribution in [0.5, 0.6) is 0 Å². The third kappa shape index (κ3) is 37.1. The molecule has 0 heterocycles. The molecule has 0 saturated heterocycles. The van der Waals surface area contributed by atoms with Gasteiger partial charge < -0.3 is 0 Å². The van der Waals surface area contributed by atoms with E-state index in [0.717, 1.165) is 37.0 Å². The Morgan fingerprint density at radius 1 is 0.125 bits per heavy atom. The van der Waals surface area contributed by atoms with Crippen LogP contribution in [0.15, 0.2) is 364 Å². The maximum absolute atomic E-state index is 2.78. The molecule has 0 spiro atoms. The lowest BCUT2D eigenvalue weighted by Crippen LogP contribution is -1.98. The summed E-state index contributed by atoms with van der Waals surface area (Å²) in [6, 6.07) is 131. The molecule has 0 radical (unpaired) electrons. The third-order valence-corrected chi connectivity index (χ3v) is 34.2. The Kier molecular flexibility index (Phi) is 50.4. The number of aryl methyl sites for hydroxylation is 12. The minimum absolute atomic E-state index is 1.02. The lowest BCUT2D eigenvalue weighted by Gasteiger charge is -2.09. The maximum atomic E-state index is 2.78. The molecule has 738 valence electrons. The van der Waals surface area contributed by atoms with E-state index in [9.17, 15) is 0 Å². The molecule has 0 fully saturated rings. The first-order chi connectivity index (χ1) is 68.9. The van der Waals surface area contributed by atoms with Crippen LogP contribution in [-0.4, -0.2) is 0 Å². The fraction of sp³-hybridized carbons (Fsp3) is 0.143. The van der Waals surface area contributed by atoms with Crippen LogP contribution in [0.2, 0.25) is 0 Å². The van der Waals surface area contributed by atoms with Crippen molar-refractivity contribution in [2.75, 3.05) is 0 Å². The average molecular weight is 2220 g/mol. The molecular weight excluding hydrogens is 2070 g/mol. The summed E-state index contributed by atoms with van der Waals surface area (Å²) in [6.45, 7) is 25.9. The van der Waals surface area contributed by atoms with Gasteiger partial charge in [0.15, 0.2) is 0 Å². The van der Waals surface area contributed by atoms with Gasteiger partial charge in [0.1, 0.15) is 0 Å². The second-order valence-electron chi connectivity index (χ2n) is 36.3. The largest absolute Gasteiger partial charge is 0.133 e. The quantitative estimate of drug-likeness (QED) is 0.0898. The van der Waals surface area contributed by atoms with Gasteiger partial charge in [-0.25, -0.2) is 0 Å². The highest BCUT2D eigenvalue weighted by atomic mass is 31.0. The Balaban J connectivity index is 0.000000166. The van der Waals surface area contributed by atoms with Gasteiger partial charge in [-0.2, -0.15) is 0 Å². The Morgan fingerprint density at radius 3 is 0.493 bits per heavy atom. The Morgan fingerprint density at radius 2 is 0.292 bits per heavy atom. The van der Waals surface area contributed by atoms with Crippen LogP contribution in [0, 0.1) is 83.1 Å². The zero-order valence-electron chi connectivity index (χ0n) is 85.3. The minimum Gasteiger partial charge on any atom is -0.133 e. The van der Waals surface area contributed by atoms with Gasteiger partial charge in [0.2, 0.25) is 0 Å². The first-order valence-electron chi connectivity index (χ1n) is 48.1. The normalized spacial score (nSPS) is 10.5. The SMILES string of the molecule is Cc1cc(-c2ccc(CP)c(C)c2)ccc1P.Cc1cc(-c2ccc(CP)c(C)c2)ccc1P.Cc1cc(-c2ccc(CP)cc2)ccc1P.Cc1cc(-c2ccc(P)c(C)c2)ccc1P.Cc1cc(-c2ccc(P)cc2)ccc1CP.Cc1cc(-c2ccc(P)cc2)ccc1P.Cc1cc(CP)ccc1-c1ccc(P)cc1.Cc1cc(P)ccc1-c1ccc(CP)cc1.Cc1cc(P)ccc1-c1ccc(P)cc1. The maximum Gasteiger partial charge on any atom is -0.0126 e. The van der Waals surface area contributed by atoms with E-state index in [4.69, 9.17) is 0 Å². The predicted molar refractivity (Wildman–Crippen MR) is 716 cm³/mol. The number of hydrogen-bond acceptors (Lipinski definition) is 0. The molecule has 144 heavy (non-hydrogen) atoms. The molecular formula is C126H144P18. The highest BCUT2D eigenvalue weighted by Crippen LogP contribution is 2.33. The van der Waals surface area contributed by atoms with Crippen LogP contribution in [0.25, 0.3) is 100 Å². The van der Waals surface area contributed by atoms with Gasteiger partial charge in [0.25, 0.3) is 0 Å². The summed E-state index contributed by atoms with van der Waals surface area (Å²) in [7, 11) is 49.5. The lowest BCUT2D eigenvalue weighted by atomic mass is 9.99. The third-order valence-electron chi connectivity index (χ3n) is 25.3. The first-order valence-corrected chi connectivity index (χ1v) is 59.9. The van der Waals surface area contributed by atoms with Crippen LogP contribution >= 0.6 is 166 Å². The fourth-order valence-electron chi connectivity index (χ4n) is 16.0. The molecule has 0 aliphatic rings. The van der Waals surface area contributed by atoms with Gasteiger partial charge in [0, 0.05) is 0 Å². The van der Waals surface area contributed by atoms with Gasteiger partial charge in [-0.05, 0) is 384 Å². The van der Waals surface area contributed by atoms with E-state index in [1.165, 1.54) is 264 Å². The van der Waals surface area contributed by atoms with E-state index in [-0.39, 0.29) is 0 Å².